The molecule has 34 heavy (non-hydrogen) atoms. The van der Waals surface area contributed by atoms with Gasteiger partial charge in [0.25, 0.3) is 0 Å². The average Bonchev–Trinajstić information content (AvgIpc) is 3.17. The van der Waals surface area contributed by atoms with Crippen molar-refractivity contribution < 1.29 is 0 Å². The van der Waals surface area contributed by atoms with Crippen molar-refractivity contribution in [2.75, 3.05) is 0 Å². The van der Waals surface area contributed by atoms with E-state index < -0.39 is 0 Å². The lowest BCUT2D eigenvalue weighted by molar-refractivity contribution is 0.827. The van der Waals surface area contributed by atoms with Crippen molar-refractivity contribution in [3.63, 3.8) is 0 Å². The fourth-order valence-corrected chi connectivity index (χ4v) is 5.76. The van der Waals surface area contributed by atoms with Crippen molar-refractivity contribution in [1.29, 1.82) is 0 Å². The van der Waals surface area contributed by atoms with Gasteiger partial charge in [-0.3, -0.25) is 0 Å². The highest BCUT2D eigenvalue weighted by atomic mass is 15.0. The summed E-state index contributed by atoms with van der Waals surface area (Å²) in [6.45, 7) is 9.71. The Labute approximate surface area is 200 Å². The molecule has 0 saturated heterocycles. The first-order valence-corrected chi connectivity index (χ1v) is 12.0. The fourth-order valence-electron chi connectivity index (χ4n) is 5.76. The van der Waals surface area contributed by atoms with E-state index in [-0.39, 0.29) is 0 Å². The summed E-state index contributed by atoms with van der Waals surface area (Å²) in [5.74, 6) is 0. The van der Waals surface area contributed by atoms with E-state index in [9.17, 15) is 0 Å². The second kappa shape index (κ2) is 7.85. The van der Waals surface area contributed by atoms with Gasteiger partial charge in [-0.25, -0.2) is 4.98 Å². The Hall–Kier alpha value is -3.91. The molecule has 0 aliphatic carbocycles. The second-order valence-electron chi connectivity index (χ2n) is 9.31. The van der Waals surface area contributed by atoms with Gasteiger partial charge in [0, 0.05) is 39.3 Å². The molecule has 0 aliphatic rings. The molecule has 0 fully saturated rings. The van der Waals surface area contributed by atoms with E-state index in [0.717, 1.165) is 17.8 Å². The molecule has 0 unspecified atom stereocenters. The Kier molecular flexibility index (Phi) is 4.77. The number of rotatable bonds is 3. The first kappa shape index (κ1) is 20.7. The highest BCUT2D eigenvalue weighted by Crippen LogP contribution is 2.41. The van der Waals surface area contributed by atoms with Gasteiger partial charge in [0.2, 0.25) is 0 Å². The quantitative estimate of drug-likeness (QED) is 0.269. The van der Waals surface area contributed by atoms with E-state index in [1.54, 1.807) is 0 Å². The summed E-state index contributed by atoms with van der Waals surface area (Å²) in [5.41, 5.74) is 12.2. The van der Waals surface area contributed by atoms with Crippen molar-refractivity contribution in [3.05, 3.63) is 102 Å². The lowest BCUT2D eigenvalue weighted by atomic mass is 9.92. The topological polar surface area (TPSA) is 17.8 Å². The number of nitrogens with zero attached hydrogens (tertiary/aromatic N) is 2. The van der Waals surface area contributed by atoms with Crippen LogP contribution >= 0.6 is 0 Å². The lowest BCUT2D eigenvalue weighted by Crippen LogP contribution is -1.96. The van der Waals surface area contributed by atoms with Crippen LogP contribution in [0.25, 0.3) is 55.1 Å². The average molecular weight is 441 g/mol. The smallest absolute Gasteiger partial charge is 0.0723 e. The van der Waals surface area contributed by atoms with Crippen LogP contribution in [0.5, 0.6) is 0 Å². The molecule has 2 heterocycles. The SMILES string of the molecule is CCn1c2ccccc2c2c3c(-c4ccccc4)cc(-c4c(C)cc(C)cc4C)nc3ccc21. The summed E-state index contributed by atoms with van der Waals surface area (Å²) in [5, 5.41) is 3.82. The maximum absolute atomic E-state index is 5.27. The Morgan fingerprint density at radius 1 is 0.706 bits per heavy atom. The van der Waals surface area contributed by atoms with E-state index in [1.165, 1.54) is 60.6 Å². The first-order valence-electron chi connectivity index (χ1n) is 12.0. The summed E-state index contributed by atoms with van der Waals surface area (Å²) in [7, 11) is 0. The molecule has 2 nitrogen and oxygen atoms in total. The number of fused-ring (bicyclic) bond motifs is 5. The largest absolute Gasteiger partial charge is 0.341 e. The number of benzene rings is 4. The minimum atomic E-state index is 0.934. The zero-order valence-electron chi connectivity index (χ0n) is 20.2. The highest BCUT2D eigenvalue weighted by molar-refractivity contribution is 6.24. The molecule has 166 valence electrons. The van der Waals surface area contributed by atoms with Crippen molar-refractivity contribution in [2.45, 2.75) is 34.2 Å². The Balaban J connectivity index is 1.81. The fraction of sp³-hybridized carbons (Fsp3) is 0.156. The predicted octanol–water partition coefficient (Wildman–Crippen LogP) is 8.62. The molecule has 0 atom stereocenters. The zero-order valence-corrected chi connectivity index (χ0v) is 20.2. The molecular weight excluding hydrogens is 412 g/mol. The van der Waals surface area contributed by atoms with Gasteiger partial charge in [-0.05, 0) is 74.2 Å². The molecule has 0 N–H and O–H groups in total. The zero-order chi connectivity index (χ0) is 23.4. The number of hydrogen-bond donors (Lipinski definition) is 0. The predicted molar refractivity (Wildman–Crippen MR) is 146 cm³/mol. The highest BCUT2D eigenvalue weighted by Gasteiger charge is 2.19. The standard InChI is InChI=1S/C32H28N2/c1-5-34-28-14-10-9-13-24(28)32-29(34)16-15-26-31(32)25(23-11-7-6-8-12-23)19-27(33-26)30-21(3)17-20(2)18-22(30)4/h6-19H,5H2,1-4H3. The van der Waals surface area contributed by atoms with Crippen molar-refractivity contribution in [1.82, 2.24) is 9.55 Å². The number of hydrogen-bond acceptors (Lipinski definition) is 1. The van der Waals surface area contributed by atoms with Crippen LogP contribution in [-0.4, -0.2) is 9.55 Å². The lowest BCUT2D eigenvalue weighted by Gasteiger charge is -2.15. The monoisotopic (exact) mass is 440 g/mol. The van der Waals surface area contributed by atoms with Gasteiger partial charge in [-0.1, -0.05) is 66.2 Å². The summed E-state index contributed by atoms with van der Waals surface area (Å²) in [4.78, 5) is 5.27. The van der Waals surface area contributed by atoms with Crippen LogP contribution in [0.15, 0.2) is 84.9 Å². The van der Waals surface area contributed by atoms with E-state index in [0.29, 0.717) is 0 Å². The Bertz CT molecular complexity index is 1680. The summed E-state index contributed by atoms with van der Waals surface area (Å²) >= 11 is 0. The minimum Gasteiger partial charge on any atom is -0.341 e. The van der Waals surface area contributed by atoms with Gasteiger partial charge in [-0.15, -0.1) is 0 Å². The molecule has 0 saturated carbocycles. The summed E-state index contributed by atoms with van der Waals surface area (Å²) in [6.07, 6.45) is 0. The van der Waals surface area contributed by atoms with Gasteiger partial charge >= 0.3 is 0 Å². The third kappa shape index (κ3) is 3.06. The normalized spacial score (nSPS) is 11.6. The van der Waals surface area contributed by atoms with Gasteiger partial charge < -0.3 is 4.57 Å². The first-order chi connectivity index (χ1) is 16.6. The molecule has 6 aromatic rings. The summed E-state index contributed by atoms with van der Waals surface area (Å²) < 4.78 is 2.42. The molecule has 0 amide bonds. The molecular formula is C32H28N2. The molecule has 0 radical (unpaired) electrons. The van der Waals surface area contributed by atoms with Crippen molar-refractivity contribution in [3.8, 4) is 22.4 Å². The van der Waals surface area contributed by atoms with Crippen LogP contribution in [-0.2, 0) is 6.54 Å². The van der Waals surface area contributed by atoms with Crippen LogP contribution in [0.4, 0.5) is 0 Å². The van der Waals surface area contributed by atoms with Crippen LogP contribution in [0.1, 0.15) is 23.6 Å². The second-order valence-corrected chi connectivity index (χ2v) is 9.31. The van der Waals surface area contributed by atoms with Crippen LogP contribution in [0.3, 0.4) is 0 Å². The molecule has 0 bridgehead atoms. The molecule has 6 rings (SSSR count). The van der Waals surface area contributed by atoms with Gasteiger partial charge in [-0.2, -0.15) is 0 Å². The Morgan fingerprint density at radius 2 is 1.41 bits per heavy atom. The van der Waals surface area contributed by atoms with E-state index in [4.69, 9.17) is 4.98 Å². The molecule has 2 heteroatoms. The van der Waals surface area contributed by atoms with E-state index in [1.807, 2.05) is 0 Å². The van der Waals surface area contributed by atoms with Crippen LogP contribution in [0, 0.1) is 20.8 Å². The number of para-hydroxylation sites is 1. The third-order valence-electron chi connectivity index (χ3n) is 7.04. The van der Waals surface area contributed by atoms with E-state index in [2.05, 4.69) is 117 Å². The number of pyridine rings is 1. The van der Waals surface area contributed by atoms with Gasteiger partial charge in [0.05, 0.1) is 11.2 Å². The Morgan fingerprint density at radius 3 is 2.15 bits per heavy atom. The van der Waals surface area contributed by atoms with Crippen molar-refractivity contribution in [2.24, 2.45) is 0 Å². The van der Waals surface area contributed by atoms with E-state index >= 15 is 0 Å². The van der Waals surface area contributed by atoms with Crippen LogP contribution < -0.4 is 0 Å². The van der Waals surface area contributed by atoms with Crippen LogP contribution in [0.2, 0.25) is 0 Å². The summed E-state index contributed by atoms with van der Waals surface area (Å²) in [6, 6.07) is 30.8. The maximum Gasteiger partial charge on any atom is 0.0723 e. The maximum atomic E-state index is 5.27. The number of aryl methyl sites for hydroxylation is 4. The van der Waals surface area contributed by atoms with Gasteiger partial charge in [0.1, 0.15) is 0 Å². The molecule has 2 aromatic heterocycles. The van der Waals surface area contributed by atoms with Crippen molar-refractivity contribution >= 4 is 32.7 Å². The number of aromatic nitrogens is 2. The molecule has 4 aromatic carbocycles. The molecule has 0 spiro atoms. The molecule has 0 aliphatic heterocycles. The van der Waals surface area contributed by atoms with Gasteiger partial charge in [0.15, 0.2) is 0 Å². The third-order valence-corrected chi connectivity index (χ3v) is 7.04. The minimum absolute atomic E-state index is 0.934.